The monoisotopic (exact) mass is 511 g/mol. The quantitative estimate of drug-likeness (QED) is 0.159. The summed E-state index contributed by atoms with van der Waals surface area (Å²) in [6.07, 6.45) is 5.13. The average Bonchev–Trinajstić information content (AvgIpc) is 3.35. The summed E-state index contributed by atoms with van der Waals surface area (Å²) in [6.45, 7) is 8.57. The molecule has 0 aliphatic heterocycles. The number of anilines is 1. The van der Waals surface area contributed by atoms with Crippen LogP contribution in [0.4, 0.5) is 11.4 Å². The van der Waals surface area contributed by atoms with Gasteiger partial charge in [-0.25, -0.2) is 10.0 Å². The molecule has 0 atom stereocenters. The van der Waals surface area contributed by atoms with Crippen LogP contribution in [-0.2, 0) is 21.0 Å². The zero-order chi connectivity index (χ0) is 26.3. The predicted molar refractivity (Wildman–Crippen MR) is 134 cm³/mol. The Labute approximate surface area is 211 Å². The van der Waals surface area contributed by atoms with Gasteiger partial charge >= 0.3 is 0 Å². The number of hydrogen-bond donors (Lipinski definition) is 0. The normalized spacial score (nSPS) is 11.1. The van der Waals surface area contributed by atoms with E-state index < -0.39 is 16.4 Å². The highest BCUT2D eigenvalue weighted by molar-refractivity contribution is 7.13. The smallest absolute Gasteiger partial charge is 0.276 e. The Morgan fingerprint density at radius 2 is 1.97 bits per heavy atom. The van der Waals surface area contributed by atoms with Crippen LogP contribution in [0.1, 0.15) is 36.8 Å². The van der Waals surface area contributed by atoms with Gasteiger partial charge in [0.05, 0.1) is 34.9 Å². The van der Waals surface area contributed by atoms with Gasteiger partial charge in [0, 0.05) is 29.4 Å². The van der Waals surface area contributed by atoms with Crippen LogP contribution in [0.25, 0.3) is 10.6 Å². The molecular weight excluding hydrogens is 486 g/mol. The highest BCUT2D eigenvalue weighted by atomic mass is 32.1. The molecular formula is C24H25N5O6S. The first-order valence-electron chi connectivity index (χ1n) is 10.8. The van der Waals surface area contributed by atoms with Gasteiger partial charge in [0.2, 0.25) is 6.41 Å². The molecule has 0 unspecified atom stereocenters. The van der Waals surface area contributed by atoms with E-state index in [1.54, 1.807) is 50.7 Å². The van der Waals surface area contributed by atoms with Crippen molar-refractivity contribution < 1.29 is 24.2 Å². The third kappa shape index (κ3) is 6.78. The number of hydroxylamine groups is 3. The number of aromatic nitrogens is 2. The summed E-state index contributed by atoms with van der Waals surface area (Å²) in [4.78, 5) is 55.4. The summed E-state index contributed by atoms with van der Waals surface area (Å²) in [5.41, 5.74) is 0.261. The molecule has 0 saturated heterocycles. The van der Waals surface area contributed by atoms with E-state index in [-0.39, 0.29) is 35.8 Å². The first-order chi connectivity index (χ1) is 17.1. The van der Waals surface area contributed by atoms with Crippen molar-refractivity contribution in [2.24, 2.45) is 0 Å². The average molecular weight is 512 g/mol. The van der Waals surface area contributed by atoms with Crippen molar-refractivity contribution in [1.29, 1.82) is 0 Å². The second-order valence-corrected chi connectivity index (χ2v) is 9.26. The number of carbonyl (C=O) groups excluding carboxylic acids is 2. The number of amides is 2. The van der Waals surface area contributed by atoms with Crippen LogP contribution in [0.15, 0.2) is 60.8 Å². The number of pyridine rings is 1. The Bertz CT molecular complexity index is 1240. The van der Waals surface area contributed by atoms with E-state index in [0.29, 0.717) is 11.4 Å². The second-order valence-electron chi connectivity index (χ2n) is 8.40. The fourth-order valence-corrected chi connectivity index (χ4v) is 3.82. The molecule has 11 nitrogen and oxygen atoms in total. The van der Waals surface area contributed by atoms with Crippen LogP contribution in [-0.4, -0.2) is 44.5 Å². The van der Waals surface area contributed by atoms with Gasteiger partial charge in [-0.15, -0.1) is 17.9 Å². The molecule has 0 aliphatic rings. The fourth-order valence-electron chi connectivity index (χ4n) is 3.02. The van der Waals surface area contributed by atoms with Gasteiger partial charge in [0.25, 0.3) is 11.6 Å². The maximum atomic E-state index is 13.2. The fraction of sp³-hybridized carbons (Fsp3) is 0.250. The zero-order valence-corrected chi connectivity index (χ0v) is 20.8. The lowest BCUT2D eigenvalue weighted by molar-refractivity contribution is -0.385. The van der Waals surface area contributed by atoms with E-state index in [1.165, 1.54) is 35.6 Å². The number of nitro groups is 1. The van der Waals surface area contributed by atoms with Crippen LogP contribution < -0.4 is 5.06 Å². The highest BCUT2D eigenvalue weighted by Crippen LogP contribution is 2.29. The Morgan fingerprint density at radius 1 is 1.25 bits per heavy atom. The van der Waals surface area contributed by atoms with Gasteiger partial charge in [0.1, 0.15) is 10.7 Å². The Balaban J connectivity index is 1.90. The third-order valence-electron chi connectivity index (χ3n) is 4.53. The summed E-state index contributed by atoms with van der Waals surface area (Å²) in [5, 5.41) is 16.0. The minimum Gasteiger partial charge on any atom is -0.276 e. The third-order valence-corrected chi connectivity index (χ3v) is 5.42. The lowest BCUT2D eigenvalue weighted by Gasteiger charge is -2.26. The summed E-state index contributed by atoms with van der Waals surface area (Å²) in [6, 6.07) is 7.68. The summed E-state index contributed by atoms with van der Waals surface area (Å²) in [7, 11) is 0. The van der Waals surface area contributed by atoms with E-state index in [9.17, 15) is 19.7 Å². The van der Waals surface area contributed by atoms with Crippen LogP contribution in [0.3, 0.4) is 0 Å². The number of nitro benzene ring substituents is 1. The largest absolute Gasteiger partial charge is 0.297 e. The standard InChI is InChI=1S/C24H25N5O6S/c1-5-12-34-27(23(31)20-15-36-22(26-20)17-8-10-25-11-9-17)14-18-6-7-19(13-21(18)29(32)33)28(16-30)35-24(2,3)4/h5-11,13,15-16H,1,12,14H2,2-4H3. The molecule has 0 fully saturated rings. The Kier molecular flexibility index (Phi) is 8.59. The van der Waals surface area contributed by atoms with Gasteiger partial charge < -0.3 is 0 Å². The molecule has 12 heteroatoms. The minimum atomic E-state index is -0.710. The second kappa shape index (κ2) is 11.6. The van der Waals surface area contributed by atoms with Crippen LogP contribution >= 0.6 is 11.3 Å². The molecule has 36 heavy (non-hydrogen) atoms. The van der Waals surface area contributed by atoms with Crippen LogP contribution in [0.2, 0.25) is 0 Å². The van der Waals surface area contributed by atoms with Gasteiger partial charge in [0.15, 0.2) is 0 Å². The summed E-state index contributed by atoms with van der Waals surface area (Å²) in [5.74, 6) is -0.572. The molecule has 2 heterocycles. The zero-order valence-electron chi connectivity index (χ0n) is 20.0. The van der Waals surface area contributed by atoms with E-state index >= 15 is 0 Å². The molecule has 0 spiro atoms. The molecule has 3 aromatic rings. The number of thiazole rings is 1. The maximum absolute atomic E-state index is 13.2. The SMILES string of the molecule is C=CCON(Cc1ccc(N(C=O)OC(C)(C)C)cc1[N+](=O)[O-])C(=O)c1csc(-c2ccncc2)n1. The molecule has 3 rings (SSSR count). The van der Waals surface area contributed by atoms with E-state index in [0.717, 1.165) is 15.7 Å². The maximum Gasteiger partial charge on any atom is 0.297 e. The summed E-state index contributed by atoms with van der Waals surface area (Å²) < 4.78 is 0. The van der Waals surface area contributed by atoms with Gasteiger partial charge in [-0.2, -0.15) is 5.06 Å². The van der Waals surface area contributed by atoms with Gasteiger partial charge in [-0.3, -0.25) is 34.4 Å². The lowest BCUT2D eigenvalue weighted by atomic mass is 10.1. The van der Waals surface area contributed by atoms with Crippen molar-refractivity contribution in [1.82, 2.24) is 15.0 Å². The first-order valence-corrected chi connectivity index (χ1v) is 11.6. The molecule has 0 saturated carbocycles. The molecule has 0 bridgehead atoms. The molecule has 1 aromatic carbocycles. The molecule has 0 aliphatic carbocycles. The Hall–Kier alpha value is -4.00. The minimum absolute atomic E-state index is 0.00267. The number of benzene rings is 1. The molecule has 2 aromatic heterocycles. The van der Waals surface area contributed by atoms with Crippen molar-refractivity contribution in [2.75, 3.05) is 11.7 Å². The van der Waals surface area contributed by atoms with Crippen molar-refractivity contribution in [2.45, 2.75) is 32.9 Å². The molecule has 0 N–H and O–H groups in total. The van der Waals surface area contributed by atoms with E-state index in [1.807, 2.05) is 0 Å². The van der Waals surface area contributed by atoms with Crippen molar-refractivity contribution in [3.63, 3.8) is 0 Å². The van der Waals surface area contributed by atoms with Crippen LogP contribution in [0, 0.1) is 10.1 Å². The first kappa shape index (κ1) is 26.6. The molecule has 0 radical (unpaired) electrons. The van der Waals surface area contributed by atoms with Gasteiger partial charge in [-0.05, 0) is 45.0 Å². The van der Waals surface area contributed by atoms with E-state index in [4.69, 9.17) is 9.68 Å². The van der Waals surface area contributed by atoms with Crippen molar-refractivity contribution in [3.05, 3.63) is 82.1 Å². The molecule has 188 valence electrons. The van der Waals surface area contributed by atoms with E-state index in [2.05, 4.69) is 16.5 Å². The van der Waals surface area contributed by atoms with Crippen molar-refractivity contribution >= 4 is 35.0 Å². The number of hydrogen-bond acceptors (Lipinski definition) is 9. The molecule has 2 amide bonds. The number of carbonyl (C=O) groups is 2. The van der Waals surface area contributed by atoms with Crippen LogP contribution in [0.5, 0.6) is 0 Å². The summed E-state index contributed by atoms with van der Waals surface area (Å²) >= 11 is 1.28. The lowest BCUT2D eigenvalue weighted by Crippen LogP contribution is -2.33. The highest BCUT2D eigenvalue weighted by Gasteiger charge is 2.26. The topological polar surface area (TPSA) is 128 Å². The predicted octanol–water partition coefficient (Wildman–Crippen LogP) is 4.57. The number of nitrogens with zero attached hydrogens (tertiary/aromatic N) is 5. The van der Waals surface area contributed by atoms with Gasteiger partial charge in [-0.1, -0.05) is 6.08 Å². The Morgan fingerprint density at radius 3 is 2.58 bits per heavy atom. The number of rotatable bonds is 11. The van der Waals surface area contributed by atoms with Crippen molar-refractivity contribution in [3.8, 4) is 10.6 Å².